The summed E-state index contributed by atoms with van der Waals surface area (Å²) in [6.07, 6.45) is 9.25. The summed E-state index contributed by atoms with van der Waals surface area (Å²) in [6.45, 7) is 4.10. The Kier molecular flexibility index (Phi) is 6.97. The first kappa shape index (κ1) is 16.8. The van der Waals surface area contributed by atoms with Crippen LogP contribution in [-0.4, -0.2) is 44.0 Å². The molecule has 4 heteroatoms. The maximum absolute atomic E-state index is 12.0. The van der Waals surface area contributed by atoms with Gasteiger partial charge in [-0.1, -0.05) is 0 Å². The zero-order valence-electron chi connectivity index (χ0n) is 13.7. The van der Waals surface area contributed by atoms with E-state index in [-0.39, 0.29) is 5.91 Å². The van der Waals surface area contributed by atoms with E-state index in [9.17, 15) is 4.79 Å². The van der Waals surface area contributed by atoms with Crippen molar-refractivity contribution in [2.75, 3.05) is 33.2 Å². The smallest absolute Gasteiger partial charge is 0.220 e. The lowest BCUT2D eigenvalue weighted by molar-refractivity contribution is -0.122. The van der Waals surface area contributed by atoms with E-state index in [1.54, 1.807) is 0 Å². The molecule has 0 unspecified atom stereocenters. The van der Waals surface area contributed by atoms with Crippen molar-refractivity contribution >= 4 is 5.91 Å². The number of likely N-dealkylation sites (tertiary alicyclic amines) is 1. The predicted molar refractivity (Wildman–Crippen MR) is 87.0 cm³/mol. The molecular weight excluding hydrogens is 262 g/mol. The zero-order chi connectivity index (χ0) is 15.1. The number of nitrogens with zero attached hydrogens (tertiary/aromatic N) is 1. The van der Waals surface area contributed by atoms with Crippen LogP contribution in [0.15, 0.2) is 0 Å². The van der Waals surface area contributed by atoms with Gasteiger partial charge in [0.2, 0.25) is 5.91 Å². The van der Waals surface area contributed by atoms with Crippen molar-refractivity contribution in [1.29, 1.82) is 0 Å². The minimum Gasteiger partial charge on any atom is -0.356 e. The van der Waals surface area contributed by atoms with Gasteiger partial charge in [0, 0.05) is 13.0 Å². The third-order valence-corrected chi connectivity index (χ3v) is 5.49. The van der Waals surface area contributed by atoms with E-state index in [1.165, 1.54) is 51.6 Å². The SMILES string of the molecule is CN1CCC(CCNC(=O)CC2CCC(CN)CC2)CC1. The standard InChI is InChI=1S/C17H33N3O/c1-20-10-7-14(8-11-20)6-9-19-17(21)12-15-2-4-16(13-18)5-3-15/h14-16H,2-13,18H2,1H3,(H,19,21). The van der Waals surface area contributed by atoms with Crippen LogP contribution in [0.3, 0.4) is 0 Å². The average Bonchev–Trinajstić information content (AvgIpc) is 2.50. The molecule has 1 saturated carbocycles. The van der Waals surface area contributed by atoms with Gasteiger partial charge >= 0.3 is 0 Å². The molecule has 0 spiro atoms. The fraction of sp³-hybridized carbons (Fsp3) is 0.941. The highest BCUT2D eigenvalue weighted by Gasteiger charge is 2.22. The molecule has 1 amide bonds. The van der Waals surface area contributed by atoms with Crippen LogP contribution in [0.25, 0.3) is 0 Å². The van der Waals surface area contributed by atoms with Crippen molar-refractivity contribution in [2.24, 2.45) is 23.5 Å². The number of rotatable bonds is 6. The summed E-state index contributed by atoms with van der Waals surface area (Å²) in [5.74, 6) is 2.37. The molecule has 0 radical (unpaired) electrons. The highest BCUT2D eigenvalue weighted by molar-refractivity contribution is 5.76. The summed E-state index contributed by atoms with van der Waals surface area (Å²) in [5, 5.41) is 3.14. The molecule has 2 rings (SSSR count). The highest BCUT2D eigenvalue weighted by Crippen LogP contribution is 2.30. The van der Waals surface area contributed by atoms with E-state index in [0.717, 1.165) is 31.8 Å². The molecule has 3 N–H and O–H groups in total. The van der Waals surface area contributed by atoms with Gasteiger partial charge in [0.15, 0.2) is 0 Å². The van der Waals surface area contributed by atoms with E-state index in [1.807, 2.05) is 0 Å². The molecule has 2 fully saturated rings. The van der Waals surface area contributed by atoms with Crippen LogP contribution in [0.4, 0.5) is 0 Å². The Morgan fingerprint density at radius 3 is 2.29 bits per heavy atom. The number of piperidine rings is 1. The monoisotopic (exact) mass is 295 g/mol. The quantitative estimate of drug-likeness (QED) is 0.788. The summed E-state index contributed by atoms with van der Waals surface area (Å²) in [6, 6.07) is 0. The number of hydrogen-bond acceptors (Lipinski definition) is 3. The van der Waals surface area contributed by atoms with E-state index >= 15 is 0 Å². The Bertz CT molecular complexity index is 305. The number of nitrogens with one attached hydrogen (secondary N) is 1. The van der Waals surface area contributed by atoms with Crippen LogP contribution in [0.2, 0.25) is 0 Å². The van der Waals surface area contributed by atoms with Crippen LogP contribution in [0.1, 0.15) is 51.4 Å². The molecule has 0 bridgehead atoms. The normalized spacial score (nSPS) is 28.5. The van der Waals surface area contributed by atoms with Crippen molar-refractivity contribution in [2.45, 2.75) is 51.4 Å². The summed E-state index contributed by atoms with van der Waals surface area (Å²) >= 11 is 0. The van der Waals surface area contributed by atoms with Crippen LogP contribution in [0.5, 0.6) is 0 Å². The van der Waals surface area contributed by atoms with Crippen molar-refractivity contribution in [3.8, 4) is 0 Å². The molecule has 4 nitrogen and oxygen atoms in total. The fourth-order valence-electron chi connectivity index (χ4n) is 3.77. The first-order chi connectivity index (χ1) is 10.2. The lowest BCUT2D eigenvalue weighted by Gasteiger charge is -2.29. The van der Waals surface area contributed by atoms with Crippen molar-refractivity contribution < 1.29 is 4.79 Å². The van der Waals surface area contributed by atoms with Gasteiger partial charge in [-0.25, -0.2) is 0 Å². The van der Waals surface area contributed by atoms with E-state index in [2.05, 4.69) is 17.3 Å². The first-order valence-corrected chi connectivity index (χ1v) is 8.82. The van der Waals surface area contributed by atoms with E-state index < -0.39 is 0 Å². The second-order valence-corrected chi connectivity index (χ2v) is 7.21. The van der Waals surface area contributed by atoms with Gasteiger partial charge in [-0.3, -0.25) is 4.79 Å². The molecule has 122 valence electrons. The second kappa shape index (κ2) is 8.74. The predicted octanol–water partition coefficient (Wildman–Crippen LogP) is 1.99. The lowest BCUT2D eigenvalue weighted by atomic mass is 9.80. The first-order valence-electron chi connectivity index (χ1n) is 8.82. The van der Waals surface area contributed by atoms with Gasteiger partial charge in [-0.15, -0.1) is 0 Å². The van der Waals surface area contributed by atoms with Gasteiger partial charge in [-0.05, 0) is 89.4 Å². The number of carbonyl (C=O) groups excluding carboxylic acids is 1. The summed E-state index contributed by atoms with van der Waals surface area (Å²) in [4.78, 5) is 14.4. The zero-order valence-corrected chi connectivity index (χ0v) is 13.7. The lowest BCUT2D eigenvalue weighted by Crippen LogP contribution is -2.33. The number of carbonyl (C=O) groups is 1. The van der Waals surface area contributed by atoms with Crippen molar-refractivity contribution in [3.05, 3.63) is 0 Å². The Balaban J connectivity index is 1.54. The minimum atomic E-state index is 0.263. The molecule has 1 heterocycles. The second-order valence-electron chi connectivity index (χ2n) is 7.21. The largest absolute Gasteiger partial charge is 0.356 e. The molecular formula is C17H33N3O. The number of amides is 1. The summed E-state index contributed by atoms with van der Waals surface area (Å²) in [7, 11) is 2.19. The molecule has 0 aromatic rings. The van der Waals surface area contributed by atoms with Crippen LogP contribution in [-0.2, 0) is 4.79 Å². The number of nitrogens with two attached hydrogens (primary N) is 1. The Morgan fingerprint density at radius 2 is 1.67 bits per heavy atom. The van der Waals surface area contributed by atoms with Gasteiger partial charge in [0.1, 0.15) is 0 Å². The molecule has 2 aliphatic rings. The molecule has 0 atom stereocenters. The molecule has 21 heavy (non-hydrogen) atoms. The van der Waals surface area contributed by atoms with Gasteiger partial charge in [-0.2, -0.15) is 0 Å². The molecule has 1 saturated heterocycles. The average molecular weight is 295 g/mol. The van der Waals surface area contributed by atoms with Gasteiger partial charge in [0.05, 0.1) is 0 Å². The third-order valence-electron chi connectivity index (χ3n) is 5.49. The van der Waals surface area contributed by atoms with Gasteiger partial charge in [0.25, 0.3) is 0 Å². The molecule has 0 aromatic carbocycles. The molecule has 1 aliphatic carbocycles. The highest BCUT2D eigenvalue weighted by atomic mass is 16.1. The third kappa shape index (κ3) is 5.95. The van der Waals surface area contributed by atoms with Crippen LogP contribution < -0.4 is 11.1 Å². The van der Waals surface area contributed by atoms with E-state index in [0.29, 0.717) is 11.8 Å². The van der Waals surface area contributed by atoms with Crippen molar-refractivity contribution in [1.82, 2.24) is 10.2 Å². The summed E-state index contributed by atoms with van der Waals surface area (Å²) < 4.78 is 0. The Morgan fingerprint density at radius 1 is 1.05 bits per heavy atom. The maximum Gasteiger partial charge on any atom is 0.220 e. The van der Waals surface area contributed by atoms with E-state index in [4.69, 9.17) is 5.73 Å². The number of hydrogen-bond donors (Lipinski definition) is 2. The minimum absolute atomic E-state index is 0.263. The Hall–Kier alpha value is -0.610. The van der Waals surface area contributed by atoms with Crippen LogP contribution in [0, 0.1) is 17.8 Å². The van der Waals surface area contributed by atoms with Crippen molar-refractivity contribution in [3.63, 3.8) is 0 Å². The topological polar surface area (TPSA) is 58.4 Å². The molecule has 1 aliphatic heterocycles. The summed E-state index contributed by atoms with van der Waals surface area (Å²) in [5.41, 5.74) is 5.71. The van der Waals surface area contributed by atoms with Crippen LogP contribution >= 0.6 is 0 Å². The van der Waals surface area contributed by atoms with Gasteiger partial charge < -0.3 is 16.0 Å². The Labute approximate surface area is 129 Å². The molecule has 0 aromatic heterocycles. The fourth-order valence-corrected chi connectivity index (χ4v) is 3.77. The maximum atomic E-state index is 12.0.